The van der Waals surface area contributed by atoms with Gasteiger partial charge in [0.2, 0.25) is 10.0 Å². The number of benzene rings is 1. The van der Waals surface area contributed by atoms with E-state index in [1.54, 1.807) is 12.1 Å². The first kappa shape index (κ1) is 23.2. The third-order valence-corrected chi connectivity index (χ3v) is 6.67. The van der Waals surface area contributed by atoms with Gasteiger partial charge in [0.25, 0.3) is 5.91 Å². The van der Waals surface area contributed by atoms with Gasteiger partial charge in [0.15, 0.2) is 6.61 Å². The zero-order valence-electron chi connectivity index (χ0n) is 17.1. The Morgan fingerprint density at radius 3 is 2.38 bits per heavy atom. The lowest BCUT2D eigenvalue weighted by Gasteiger charge is -2.30. The molecule has 1 aliphatic heterocycles. The van der Waals surface area contributed by atoms with Gasteiger partial charge in [-0.2, -0.15) is 4.31 Å². The molecule has 2 rings (SSSR count). The van der Waals surface area contributed by atoms with Crippen LogP contribution in [0.15, 0.2) is 29.2 Å². The molecule has 0 unspecified atom stereocenters. The zero-order chi connectivity index (χ0) is 21.3. The van der Waals surface area contributed by atoms with Crippen molar-refractivity contribution in [3.05, 3.63) is 24.3 Å². The fourth-order valence-electron chi connectivity index (χ4n) is 3.07. The van der Waals surface area contributed by atoms with Gasteiger partial charge in [-0.05, 0) is 50.5 Å². The molecule has 1 aromatic rings. The number of ether oxygens (including phenoxy) is 2. The van der Waals surface area contributed by atoms with Crippen LogP contribution < -0.4 is 10.1 Å². The lowest BCUT2D eigenvalue weighted by Crippen LogP contribution is -2.41. The number of nitrogens with zero attached hydrogens (tertiary/aromatic N) is 1. The molecule has 1 aromatic carbocycles. The Balaban J connectivity index is 1.82. The van der Waals surface area contributed by atoms with E-state index in [9.17, 15) is 18.0 Å². The van der Waals surface area contributed by atoms with Gasteiger partial charge in [-0.3, -0.25) is 9.59 Å². The lowest BCUT2D eigenvalue weighted by molar-refractivity contribution is -0.153. The highest BCUT2D eigenvalue weighted by Gasteiger charge is 2.33. The van der Waals surface area contributed by atoms with Crippen molar-refractivity contribution >= 4 is 21.9 Å². The molecule has 0 bridgehead atoms. The van der Waals surface area contributed by atoms with Gasteiger partial charge in [0.1, 0.15) is 5.75 Å². The van der Waals surface area contributed by atoms with Gasteiger partial charge in [-0.15, -0.1) is 0 Å². The summed E-state index contributed by atoms with van der Waals surface area (Å²) in [5, 5.41) is 2.69. The normalized spacial score (nSPS) is 15.7. The fraction of sp³-hybridized carbons (Fsp3) is 0.600. The van der Waals surface area contributed by atoms with E-state index in [0.717, 1.165) is 12.8 Å². The first-order valence-corrected chi connectivity index (χ1v) is 11.5. The van der Waals surface area contributed by atoms with E-state index in [1.165, 1.54) is 16.4 Å². The van der Waals surface area contributed by atoms with Gasteiger partial charge >= 0.3 is 5.97 Å². The zero-order valence-corrected chi connectivity index (χ0v) is 17.9. The molecule has 0 aliphatic carbocycles. The van der Waals surface area contributed by atoms with Crippen molar-refractivity contribution in [3.63, 3.8) is 0 Å². The summed E-state index contributed by atoms with van der Waals surface area (Å²) in [5.74, 6) is -0.548. The largest absolute Gasteiger partial charge is 0.494 e. The highest BCUT2D eigenvalue weighted by molar-refractivity contribution is 7.89. The Morgan fingerprint density at radius 2 is 1.79 bits per heavy atom. The van der Waals surface area contributed by atoms with Crippen LogP contribution in [0.4, 0.5) is 0 Å². The van der Waals surface area contributed by atoms with Gasteiger partial charge in [0, 0.05) is 19.6 Å². The van der Waals surface area contributed by atoms with E-state index in [4.69, 9.17) is 9.47 Å². The summed E-state index contributed by atoms with van der Waals surface area (Å²) in [7, 11) is -3.62. The smallest absolute Gasteiger partial charge is 0.309 e. The van der Waals surface area contributed by atoms with Crippen molar-refractivity contribution in [2.24, 2.45) is 5.92 Å². The van der Waals surface area contributed by atoms with Crippen LogP contribution >= 0.6 is 0 Å². The number of nitrogens with one attached hydrogen (secondary N) is 1. The number of carbonyl (C=O) groups excluding carboxylic acids is 2. The number of amides is 1. The molecule has 1 saturated heterocycles. The molecule has 29 heavy (non-hydrogen) atoms. The maximum Gasteiger partial charge on any atom is 0.309 e. The molecule has 0 aromatic heterocycles. The standard InChI is InChI=1S/C20H30N2O6S/c1-3-5-12-21-19(23)15-28-20(24)16-10-13-22(14-11-16)29(25,26)18-8-6-17(7-9-18)27-4-2/h6-9,16H,3-5,10-15H2,1-2H3,(H,21,23). The van der Waals surface area contributed by atoms with Crippen LogP contribution in [0, 0.1) is 5.92 Å². The number of piperidine rings is 1. The summed E-state index contributed by atoms with van der Waals surface area (Å²) in [5.41, 5.74) is 0. The Labute approximate surface area is 172 Å². The molecular weight excluding hydrogens is 396 g/mol. The Hall–Kier alpha value is -2.13. The summed E-state index contributed by atoms with van der Waals surface area (Å²) in [6, 6.07) is 6.31. The third-order valence-electron chi connectivity index (χ3n) is 4.76. The van der Waals surface area contributed by atoms with Crippen LogP contribution in [0.25, 0.3) is 0 Å². The van der Waals surface area contributed by atoms with Crippen molar-refractivity contribution in [1.29, 1.82) is 0 Å². The molecule has 162 valence electrons. The van der Waals surface area contributed by atoms with E-state index >= 15 is 0 Å². The van der Waals surface area contributed by atoms with Crippen LogP contribution in [-0.2, 0) is 24.3 Å². The average Bonchev–Trinajstić information content (AvgIpc) is 2.73. The SMILES string of the molecule is CCCCNC(=O)COC(=O)C1CCN(S(=O)(=O)c2ccc(OCC)cc2)CC1. The molecule has 1 fully saturated rings. The predicted octanol–water partition coefficient (Wildman–Crippen LogP) is 1.95. The van der Waals surface area contributed by atoms with E-state index in [1.807, 2.05) is 13.8 Å². The van der Waals surface area contributed by atoms with Crippen molar-refractivity contribution in [3.8, 4) is 5.75 Å². The first-order chi connectivity index (χ1) is 13.9. The van der Waals surface area contributed by atoms with E-state index < -0.39 is 21.9 Å². The summed E-state index contributed by atoms with van der Waals surface area (Å²) in [6.45, 7) is 5.13. The number of unbranched alkanes of at least 4 members (excludes halogenated alkanes) is 1. The minimum absolute atomic E-state index is 0.200. The molecule has 0 atom stereocenters. The number of hydrogen-bond donors (Lipinski definition) is 1. The number of carbonyl (C=O) groups is 2. The van der Waals surface area contributed by atoms with Crippen LogP contribution in [0.2, 0.25) is 0 Å². The maximum atomic E-state index is 12.8. The molecule has 1 aliphatic rings. The summed E-state index contributed by atoms with van der Waals surface area (Å²) in [6.07, 6.45) is 2.58. The Kier molecular flexibility index (Phi) is 8.91. The molecular formula is C20H30N2O6S. The van der Waals surface area contributed by atoms with Gasteiger partial charge < -0.3 is 14.8 Å². The van der Waals surface area contributed by atoms with Crippen molar-refractivity contribution in [2.75, 3.05) is 32.8 Å². The quantitative estimate of drug-likeness (QED) is 0.453. The molecule has 1 amide bonds. The van der Waals surface area contributed by atoms with Gasteiger partial charge in [-0.1, -0.05) is 13.3 Å². The molecule has 1 N–H and O–H groups in total. The van der Waals surface area contributed by atoms with Gasteiger partial charge in [0.05, 0.1) is 17.4 Å². The van der Waals surface area contributed by atoms with Crippen LogP contribution in [0.3, 0.4) is 0 Å². The molecule has 8 nitrogen and oxygen atoms in total. The van der Waals surface area contributed by atoms with E-state index in [-0.39, 0.29) is 30.5 Å². The summed E-state index contributed by atoms with van der Waals surface area (Å²) >= 11 is 0. The molecule has 9 heteroatoms. The van der Waals surface area contributed by atoms with Crippen LogP contribution in [-0.4, -0.2) is 57.4 Å². The number of hydrogen-bond acceptors (Lipinski definition) is 6. The predicted molar refractivity (Wildman–Crippen MR) is 108 cm³/mol. The third kappa shape index (κ3) is 6.71. The van der Waals surface area contributed by atoms with E-state index in [0.29, 0.717) is 31.7 Å². The molecule has 1 heterocycles. The number of rotatable bonds is 10. The Bertz CT molecular complexity index is 771. The maximum absolute atomic E-state index is 12.8. The second-order valence-corrected chi connectivity index (χ2v) is 8.83. The minimum Gasteiger partial charge on any atom is -0.494 e. The molecule has 0 radical (unpaired) electrons. The highest BCUT2D eigenvalue weighted by atomic mass is 32.2. The summed E-state index contributed by atoms with van der Waals surface area (Å²) < 4.78 is 37.4. The summed E-state index contributed by atoms with van der Waals surface area (Å²) in [4.78, 5) is 24.0. The molecule has 0 saturated carbocycles. The number of esters is 1. The second kappa shape index (κ2) is 11.2. The highest BCUT2D eigenvalue weighted by Crippen LogP contribution is 2.25. The topological polar surface area (TPSA) is 102 Å². The van der Waals surface area contributed by atoms with E-state index in [2.05, 4.69) is 5.32 Å². The van der Waals surface area contributed by atoms with Gasteiger partial charge in [-0.25, -0.2) is 8.42 Å². The van der Waals surface area contributed by atoms with Crippen LogP contribution in [0.5, 0.6) is 5.75 Å². The fourth-order valence-corrected chi connectivity index (χ4v) is 4.54. The van der Waals surface area contributed by atoms with Crippen molar-refractivity contribution in [2.45, 2.75) is 44.4 Å². The van der Waals surface area contributed by atoms with Crippen molar-refractivity contribution < 1.29 is 27.5 Å². The monoisotopic (exact) mass is 426 g/mol. The minimum atomic E-state index is -3.62. The van der Waals surface area contributed by atoms with Crippen LogP contribution in [0.1, 0.15) is 39.5 Å². The lowest BCUT2D eigenvalue weighted by atomic mass is 9.98. The number of sulfonamides is 1. The molecule has 0 spiro atoms. The Morgan fingerprint density at radius 1 is 1.14 bits per heavy atom. The average molecular weight is 427 g/mol. The second-order valence-electron chi connectivity index (χ2n) is 6.89. The van der Waals surface area contributed by atoms with Crippen molar-refractivity contribution in [1.82, 2.24) is 9.62 Å². The first-order valence-electron chi connectivity index (χ1n) is 10.0.